The summed E-state index contributed by atoms with van der Waals surface area (Å²) in [4.78, 5) is 13.3. The van der Waals surface area contributed by atoms with E-state index in [-0.39, 0.29) is 5.91 Å². The largest absolute Gasteiger partial charge is 0.497 e. The van der Waals surface area contributed by atoms with Crippen molar-refractivity contribution >= 4 is 22.4 Å². The lowest BCUT2D eigenvalue weighted by atomic mass is 10.2. The molecule has 0 fully saturated rings. The van der Waals surface area contributed by atoms with Crippen LogP contribution in [0.3, 0.4) is 0 Å². The molecule has 6 nitrogen and oxygen atoms in total. The zero-order valence-electron chi connectivity index (χ0n) is 12.1. The first-order valence-electron chi connectivity index (χ1n) is 6.62. The van der Waals surface area contributed by atoms with E-state index >= 15 is 0 Å². The maximum absolute atomic E-state index is 11.7. The number of amides is 1. The lowest BCUT2D eigenvalue weighted by molar-refractivity contribution is -0.116. The number of ether oxygens (including phenoxy) is 1. The van der Waals surface area contributed by atoms with Crippen LogP contribution in [0.25, 0.3) is 10.6 Å². The van der Waals surface area contributed by atoms with Crippen molar-refractivity contribution in [1.29, 1.82) is 0 Å². The summed E-state index contributed by atoms with van der Waals surface area (Å²) in [7, 11) is 1.63. The molecule has 0 aliphatic heterocycles. The second-order valence-electron chi connectivity index (χ2n) is 4.43. The average molecular weight is 306 g/mol. The van der Waals surface area contributed by atoms with Gasteiger partial charge in [0.25, 0.3) is 0 Å². The first kappa shape index (κ1) is 15.4. The molecule has 0 aliphatic carbocycles. The highest BCUT2D eigenvalue weighted by atomic mass is 32.1. The molecule has 2 aromatic rings. The zero-order valence-corrected chi connectivity index (χ0v) is 12.9. The normalized spacial score (nSPS) is 10.4. The third-order valence-corrected chi connectivity index (χ3v) is 3.94. The van der Waals surface area contributed by atoms with E-state index in [4.69, 9.17) is 10.5 Å². The molecule has 0 spiro atoms. The summed E-state index contributed by atoms with van der Waals surface area (Å²) in [5.41, 5.74) is 6.44. The summed E-state index contributed by atoms with van der Waals surface area (Å²) >= 11 is 1.39. The highest BCUT2D eigenvalue weighted by Gasteiger charge is 2.16. The van der Waals surface area contributed by atoms with E-state index in [9.17, 15) is 4.79 Å². The third-order valence-electron chi connectivity index (χ3n) is 2.95. The van der Waals surface area contributed by atoms with E-state index in [0.717, 1.165) is 22.7 Å². The van der Waals surface area contributed by atoms with Crippen molar-refractivity contribution in [2.45, 2.75) is 13.3 Å². The van der Waals surface area contributed by atoms with Crippen molar-refractivity contribution in [3.05, 3.63) is 24.3 Å². The molecular formula is C14H18N4O2S. The number of aromatic nitrogens is 2. The first-order chi connectivity index (χ1) is 10.2. The Morgan fingerprint density at radius 2 is 2.05 bits per heavy atom. The van der Waals surface area contributed by atoms with Gasteiger partial charge in [0.2, 0.25) is 11.0 Å². The van der Waals surface area contributed by atoms with E-state index in [2.05, 4.69) is 10.2 Å². The smallest absolute Gasteiger partial charge is 0.225 e. The molecule has 0 aliphatic rings. The van der Waals surface area contributed by atoms with Crippen LogP contribution in [0, 0.1) is 0 Å². The summed E-state index contributed by atoms with van der Waals surface area (Å²) < 4.78 is 5.13. The van der Waals surface area contributed by atoms with Crippen LogP contribution in [0.5, 0.6) is 5.75 Å². The van der Waals surface area contributed by atoms with Crippen molar-refractivity contribution in [3.63, 3.8) is 0 Å². The van der Waals surface area contributed by atoms with Crippen LogP contribution in [0.2, 0.25) is 0 Å². The fraction of sp³-hybridized carbons (Fsp3) is 0.357. The van der Waals surface area contributed by atoms with Gasteiger partial charge in [0.15, 0.2) is 0 Å². The average Bonchev–Trinajstić information content (AvgIpc) is 2.97. The zero-order chi connectivity index (χ0) is 15.2. The summed E-state index contributed by atoms with van der Waals surface area (Å²) in [6.45, 7) is 2.61. The molecule has 21 heavy (non-hydrogen) atoms. The Bertz CT molecular complexity index is 597. The van der Waals surface area contributed by atoms with Crippen molar-refractivity contribution in [2.24, 2.45) is 5.73 Å². The number of anilines is 1. The van der Waals surface area contributed by atoms with Crippen molar-refractivity contribution < 1.29 is 9.53 Å². The SMILES string of the molecule is COc1ccc(-c2nnc(N(CCCN)C(C)=O)s2)cc1. The van der Waals surface area contributed by atoms with Gasteiger partial charge in [0, 0.05) is 19.0 Å². The van der Waals surface area contributed by atoms with Gasteiger partial charge in [-0.05, 0) is 37.2 Å². The van der Waals surface area contributed by atoms with Crippen LogP contribution >= 0.6 is 11.3 Å². The van der Waals surface area contributed by atoms with E-state index < -0.39 is 0 Å². The van der Waals surface area contributed by atoms with E-state index in [1.807, 2.05) is 24.3 Å². The fourth-order valence-electron chi connectivity index (χ4n) is 1.81. The summed E-state index contributed by atoms with van der Waals surface area (Å²) in [6.07, 6.45) is 0.733. The summed E-state index contributed by atoms with van der Waals surface area (Å²) in [5, 5.41) is 9.64. The second kappa shape index (κ2) is 7.14. The maximum Gasteiger partial charge on any atom is 0.225 e. The third kappa shape index (κ3) is 3.77. The quantitative estimate of drug-likeness (QED) is 0.881. The molecule has 2 N–H and O–H groups in total. The van der Waals surface area contributed by atoms with Crippen LogP contribution in [0.1, 0.15) is 13.3 Å². The topological polar surface area (TPSA) is 81.3 Å². The van der Waals surface area contributed by atoms with Gasteiger partial charge in [-0.25, -0.2) is 0 Å². The van der Waals surface area contributed by atoms with Gasteiger partial charge in [-0.15, -0.1) is 10.2 Å². The highest BCUT2D eigenvalue weighted by molar-refractivity contribution is 7.18. The Labute approximate surface area is 127 Å². The number of rotatable bonds is 6. The summed E-state index contributed by atoms with van der Waals surface area (Å²) in [6, 6.07) is 7.57. The minimum atomic E-state index is -0.0547. The van der Waals surface area contributed by atoms with Crippen LogP contribution in [-0.2, 0) is 4.79 Å². The number of methoxy groups -OCH3 is 1. The Hall–Kier alpha value is -1.99. The highest BCUT2D eigenvalue weighted by Crippen LogP contribution is 2.29. The van der Waals surface area contributed by atoms with Gasteiger partial charge in [-0.1, -0.05) is 11.3 Å². The molecule has 1 amide bonds. The lowest BCUT2D eigenvalue weighted by Crippen LogP contribution is -2.30. The van der Waals surface area contributed by atoms with Gasteiger partial charge in [-0.2, -0.15) is 0 Å². The molecule has 7 heteroatoms. The molecule has 1 heterocycles. The number of benzene rings is 1. The van der Waals surface area contributed by atoms with Crippen molar-refractivity contribution in [2.75, 3.05) is 25.1 Å². The Morgan fingerprint density at radius 3 is 2.62 bits per heavy atom. The molecule has 1 aromatic heterocycles. The number of carbonyl (C=O) groups excluding carboxylic acids is 1. The van der Waals surface area contributed by atoms with Crippen LogP contribution in [0.4, 0.5) is 5.13 Å². The lowest BCUT2D eigenvalue weighted by Gasteiger charge is -2.16. The van der Waals surface area contributed by atoms with E-state index in [1.165, 1.54) is 18.3 Å². The molecule has 0 saturated carbocycles. The molecule has 1 aromatic carbocycles. The molecule has 0 radical (unpaired) electrons. The molecule has 2 rings (SSSR count). The summed E-state index contributed by atoms with van der Waals surface area (Å²) in [5.74, 6) is 0.734. The van der Waals surface area contributed by atoms with Gasteiger partial charge >= 0.3 is 0 Å². The Morgan fingerprint density at radius 1 is 1.33 bits per heavy atom. The molecule has 0 bridgehead atoms. The van der Waals surface area contributed by atoms with Crippen LogP contribution < -0.4 is 15.4 Å². The van der Waals surface area contributed by atoms with Gasteiger partial charge in [-0.3, -0.25) is 9.69 Å². The molecule has 0 saturated heterocycles. The number of nitrogens with zero attached hydrogens (tertiary/aromatic N) is 3. The second-order valence-corrected chi connectivity index (χ2v) is 5.39. The molecular weight excluding hydrogens is 288 g/mol. The standard InChI is InChI=1S/C14H18N4O2S/c1-10(19)18(9-3-8-15)14-17-16-13(21-14)11-4-6-12(20-2)7-5-11/h4-7H,3,8-9,15H2,1-2H3. The van der Waals surface area contributed by atoms with Gasteiger partial charge < -0.3 is 10.5 Å². The van der Waals surface area contributed by atoms with Crippen LogP contribution in [0.15, 0.2) is 24.3 Å². The van der Waals surface area contributed by atoms with Gasteiger partial charge in [0.05, 0.1) is 7.11 Å². The van der Waals surface area contributed by atoms with Gasteiger partial charge in [0.1, 0.15) is 10.8 Å². The van der Waals surface area contributed by atoms with E-state index in [0.29, 0.717) is 18.2 Å². The Balaban J connectivity index is 2.20. The monoisotopic (exact) mass is 306 g/mol. The predicted octanol–water partition coefficient (Wildman–Crippen LogP) is 1.92. The number of nitrogens with two attached hydrogens (primary N) is 1. The molecule has 0 unspecified atom stereocenters. The number of carbonyl (C=O) groups is 1. The first-order valence-corrected chi connectivity index (χ1v) is 7.43. The minimum absolute atomic E-state index is 0.0547. The molecule has 112 valence electrons. The van der Waals surface area contributed by atoms with Crippen molar-refractivity contribution in [3.8, 4) is 16.3 Å². The van der Waals surface area contributed by atoms with Crippen molar-refractivity contribution in [1.82, 2.24) is 10.2 Å². The number of hydrogen-bond acceptors (Lipinski definition) is 6. The Kier molecular flexibility index (Phi) is 5.24. The predicted molar refractivity (Wildman–Crippen MR) is 83.6 cm³/mol. The maximum atomic E-state index is 11.7. The fourth-order valence-corrected chi connectivity index (χ4v) is 2.73. The van der Waals surface area contributed by atoms with E-state index in [1.54, 1.807) is 12.0 Å². The van der Waals surface area contributed by atoms with Crippen LogP contribution in [-0.4, -0.2) is 36.3 Å². The molecule has 0 atom stereocenters. The minimum Gasteiger partial charge on any atom is -0.497 e. The number of hydrogen-bond donors (Lipinski definition) is 1.